The molecule has 7 nitrogen and oxygen atoms in total. The highest BCUT2D eigenvalue weighted by molar-refractivity contribution is 7.89. The number of aliphatic hydroxyl groups is 1. The number of nitrogens with zero attached hydrogens (tertiary/aromatic N) is 1. The molecule has 7 atom stereocenters. The van der Waals surface area contributed by atoms with Gasteiger partial charge in [0.1, 0.15) is 5.78 Å². The van der Waals surface area contributed by atoms with Crippen molar-refractivity contribution in [3.05, 3.63) is 36.4 Å². The predicted molar refractivity (Wildman–Crippen MR) is 183 cm³/mol. The number of rotatable bonds is 12. The molecule has 0 aromatic heterocycles. The first kappa shape index (κ1) is 34.3. The third-order valence-corrected chi connectivity index (χ3v) is 13.6. The molecular formula is C37H57N3O4S. The molecule has 3 aliphatic rings. The van der Waals surface area contributed by atoms with Crippen molar-refractivity contribution in [3.8, 4) is 0 Å². The summed E-state index contributed by atoms with van der Waals surface area (Å²) in [4.78, 5) is 18.4. The summed E-state index contributed by atoms with van der Waals surface area (Å²) in [5, 5.41) is 12.2. The first-order valence-corrected chi connectivity index (χ1v) is 18.9. The fraction of sp³-hybridized carbons (Fsp3) is 0.703. The largest absolute Gasteiger partial charge is 0.393 e. The van der Waals surface area contributed by atoms with Gasteiger partial charge in [0.2, 0.25) is 0 Å². The molecule has 0 heterocycles. The highest BCUT2D eigenvalue weighted by Crippen LogP contribution is 2.64. The van der Waals surface area contributed by atoms with E-state index in [1.54, 1.807) is 12.1 Å². The van der Waals surface area contributed by atoms with Crippen LogP contribution < -0.4 is 15.2 Å². The molecule has 2 aromatic rings. The van der Waals surface area contributed by atoms with Gasteiger partial charge in [0.15, 0.2) is 0 Å². The van der Waals surface area contributed by atoms with Gasteiger partial charge in [-0.3, -0.25) is 4.79 Å². The SMILES string of the molecule is CC(C)CCC[C@H]1CCC2C(CCNNS(=O)(=O)c3ccc4c(N(C)C)cccc4c3)C([C@@]3(C)CC[C@H](O)CC3=O)CC[C@@]21C. The maximum atomic E-state index is 13.5. The van der Waals surface area contributed by atoms with Gasteiger partial charge < -0.3 is 10.0 Å². The molecular weight excluding hydrogens is 582 g/mol. The molecule has 8 heteroatoms. The molecule has 0 radical (unpaired) electrons. The Morgan fingerprint density at radius 1 is 1.00 bits per heavy atom. The van der Waals surface area contributed by atoms with E-state index in [9.17, 15) is 18.3 Å². The Hall–Kier alpha value is -2.00. The molecule has 3 saturated carbocycles. The summed E-state index contributed by atoms with van der Waals surface area (Å²) in [6, 6.07) is 11.2. The highest BCUT2D eigenvalue weighted by Gasteiger charge is 2.58. The van der Waals surface area contributed by atoms with E-state index in [4.69, 9.17) is 0 Å². The topological polar surface area (TPSA) is 98.7 Å². The summed E-state index contributed by atoms with van der Waals surface area (Å²) in [5.41, 5.74) is 3.98. The van der Waals surface area contributed by atoms with Crippen molar-refractivity contribution in [3.63, 3.8) is 0 Å². The summed E-state index contributed by atoms with van der Waals surface area (Å²) >= 11 is 0. The van der Waals surface area contributed by atoms with Gasteiger partial charge in [-0.2, -0.15) is 0 Å². The monoisotopic (exact) mass is 639 g/mol. The normalized spacial score (nSPS) is 32.3. The van der Waals surface area contributed by atoms with Crippen molar-refractivity contribution in [2.75, 3.05) is 25.5 Å². The molecule has 250 valence electrons. The Bertz CT molecular complexity index is 1460. The van der Waals surface area contributed by atoms with E-state index in [2.05, 4.69) is 38.0 Å². The van der Waals surface area contributed by atoms with Gasteiger partial charge in [-0.1, -0.05) is 58.7 Å². The summed E-state index contributed by atoms with van der Waals surface area (Å²) in [5.74, 6) is 2.79. The Morgan fingerprint density at radius 2 is 1.78 bits per heavy atom. The number of hydrogen-bond donors (Lipinski definition) is 3. The second kappa shape index (κ2) is 13.6. The van der Waals surface area contributed by atoms with Gasteiger partial charge in [0.05, 0.1) is 11.0 Å². The number of carbonyl (C=O) groups is 1. The smallest absolute Gasteiger partial charge is 0.253 e. The van der Waals surface area contributed by atoms with Gasteiger partial charge in [0.25, 0.3) is 10.0 Å². The fourth-order valence-corrected chi connectivity index (χ4v) is 10.6. The van der Waals surface area contributed by atoms with Crippen LogP contribution in [0.2, 0.25) is 0 Å². The lowest BCUT2D eigenvalue weighted by Crippen LogP contribution is -2.52. The van der Waals surface area contributed by atoms with Crippen LogP contribution in [0, 0.1) is 40.4 Å². The average Bonchev–Trinajstić information content (AvgIpc) is 3.32. The molecule has 3 unspecified atom stereocenters. The van der Waals surface area contributed by atoms with Crippen LogP contribution in [0.25, 0.3) is 10.8 Å². The van der Waals surface area contributed by atoms with Crippen LogP contribution >= 0.6 is 0 Å². The molecule has 0 spiro atoms. The zero-order valence-electron chi connectivity index (χ0n) is 28.4. The van der Waals surface area contributed by atoms with Gasteiger partial charge >= 0.3 is 0 Å². The van der Waals surface area contributed by atoms with E-state index in [0.717, 1.165) is 48.1 Å². The zero-order valence-corrected chi connectivity index (χ0v) is 29.3. The lowest BCUT2D eigenvalue weighted by atomic mass is 9.50. The Balaban J connectivity index is 1.30. The quantitative estimate of drug-likeness (QED) is 0.170. The molecule has 0 amide bonds. The minimum absolute atomic E-state index is 0.216. The molecule has 2 aromatic carbocycles. The van der Waals surface area contributed by atoms with E-state index >= 15 is 0 Å². The fourth-order valence-electron chi connectivity index (χ4n) is 9.63. The summed E-state index contributed by atoms with van der Waals surface area (Å²) < 4.78 is 26.7. The van der Waals surface area contributed by atoms with Crippen LogP contribution in [-0.2, 0) is 14.8 Å². The number of fused-ring (bicyclic) bond motifs is 2. The molecule has 0 aliphatic heterocycles. The molecule has 0 saturated heterocycles. The minimum Gasteiger partial charge on any atom is -0.393 e. The lowest BCUT2D eigenvalue weighted by Gasteiger charge is -2.54. The van der Waals surface area contributed by atoms with Crippen molar-refractivity contribution >= 4 is 32.3 Å². The molecule has 5 rings (SSSR count). The summed E-state index contributed by atoms with van der Waals surface area (Å²) in [6.45, 7) is 9.80. The van der Waals surface area contributed by atoms with E-state index in [-0.39, 0.29) is 28.4 Å². The van der Waals surface area contributed by atoms with E-state index in [1.165, 1.54) is 32.1 Å². The maximum Gasteiger partial charge on any atom is 0.253 e. The number of carbonyl (C=O) groups excluding carboxylic acids is 1. The van der Waals surface area contributed by atoms with Crippen molar-refractivity contribution in [1.29, 1.82) is 0 Å². The average molecular weight is 640 g/mol. The third-order valence-electron chi connectivity index (χ3n) is 12.3. The number of ketones is 1. The maximum absolute atomic E-state index is 13.5. The van der Waals surface area contributed by atoms with E-state index < -0.39 is 21.5 Å². The first-order valence-electron chi connectivity index (χ1n) is 17.4. The number of anilines is 1. The first-order chi connectivity index (χ1) is 21.3. The van der Waals surface area contributed by atoms with E-state index in [0.29, 0.717) is 30.7 Å². The number of Topliss-reactive ketones (excluding diaryl/α,β-unsaturated/α-hetero) is 1. The number of hydrogen-bond acceptors (Lipinski definition) is 6. The highest BCUT2D eigenvalue weighted by atomic mass is 32.2. The number of aliphatic hydroxyl groups excluding tert-OH is 1. The van der Waals surface area contributed by atoms with Crippen molar-refractivity contribution in [2.24, 2.45) is 40.4 Å². The van der Waals surface area contributed by atoms with Crippen LogP contribution in [-0.4, -0.2) is 46.1 Å². The Labute approximate surface area is 271 Å². The number of hydrazine groups is 1. The van der Waals surface area contributed by atoms with Gasteiger partial charge in [0, 0.05) is 43.5 Å². The van der Waals surface area contributed by atoms with Gasteiger partial charge in [-0.05, 0) is 110 Å². The molecule has 3 fully saturated rings. The van der Waals surface area contributed by atoms with Crippen molar-refractivity contribution in [2.45, 2.75) is 109 Å². The number of nitrogens with one attached hydrogen (secondary N) is 2. The molecule has 3 aliphatic carbocycles. The van der Waals surface area contributed by atoms with Crippen LogP contribution in [0.4, 0.5) is 5.69 Å². The van der Waals surface area contributed by atoms with Gasteiger partial charge in [-0.25, -0.2) is 13.8 Å². The zero-order chi connectivity index (χ0) is 32.6. The number of benzene rings is 2. The second-order valence-electron chi connectivity index (χ2n) is 15.6. The predicted octanol–water partition coefficient (Wildman–Crippen LogP) is 7.08. The lowest BCUT2D eigenvalue weighted by molar-refractivity contribution is -0.145. The van der Waals surface area contributed by atoms with E-state index in [1.807, 2.05) is 43.3 Å². The Morgan fingerprint density at radius 3 is 2.49 bits per heavy atom. The van der Waals surface area contributed by atoms with Crippen LogP contribution in [0.15, 0.2) is 41.3 Å². The molecule has 0 bridgehead atoms. The standard InChI is InChI=1S/C37H57N3O4S/c1-25(2)9-7-11-27-13-16-32-31(33(18-21-36(27,32)3)37(4)20-17-28(41)24-35(37)42)19-22-38-39-45(43,44)29-14-15-30-26(23-29)10-8-12-34(30)40(5)6/h8,10,12,14-15,23,25,27-28,31-33,38-39,41H,7,9,11,13,16-22,24H2,1-6H3/t27-,28-,31?,32?,33?,36+,37+/m0/s1. The van der Waals surface area contributed by atoms with Crippen LogP contribution in [0.5, 0.6) is 0 Å². The summed E-state index contributed by atoms with van der Waals surface area (Å²) in [7, 11) is 0.205. The van der Waals surface area contributed by atoms with Crippen molar-refractivity contribution < 1.29 is 18.3 Å². The minimum atomic E-state index is -3.76. The van der Waals surface area contributed by atoms with Crippen molar-refractivity contribution in [1.82, 2.24) is 10.3 Å². The van der Waals surface area contributed by atoms with Gasteiger partial charge in [-0.15, -0.1) is 4.83 Å². The molecule has 45 heavy (non-hydrogen) atoms. The Kier molecular flexibility index (Phi) is 10.4. The second-order valence-corrected chi connectivity index (χ2v) is 17.3. The van der Waals surface area contributed by atoms with Crippen LogP contribution in [0.1, 0.15) is 98.3 Å². The summed E-state index contributed by atoms with van der Waals surface area (Å²) in [6.07, 6.45) is 10.5. The third kappa shape index (κ3) is 7.00. The number of sulfonamides is 1. The molecule has 3 N–H and O–H groups in total. The van der Waals surface area contributed by atoms with Crippen LogP contribution in [0.3, 0.4) is 0 Å².